The van der Waals surface area contributed by atoms with Crippen molar-refractivity contribution in [3.05, 3.63) is 102 Å². The number of aryl methyl sites for hydroxylation is 1. The lowest BCUT2D eigenvalue weighted by molar-refractivity contribution is -0.142. The molecule has 11 rings (SSSR count). The fourth-order valence-corrected chi connectivity index (χ4v) is 12.6. The van der Waals surface area contributed by atoms with Crippen LogP contribution in [0.1, 0.15) is 81.9 Å². The summed E-state index contributed by atoms with van der Waals surface area (Å²) in [5, 5.41) is 37.3. The highest BCUT2D eigenvalue weighted by atomic mass is 32.1. The number of nitrogens with two attached hydrogens (primary N) is 1. The molecule has 392 valence electrons. The third kappa shape index (κ3) is 10.0. The van der Waals surface area contributed by atoms with E-state index in [0.717, 1.165) is 59.0 Å². The van der Waals surface area contributed by atoms with Crippen molar-refractivity contribution in [1.82, 2.24) is 40.4 Å². The molecule has 4 saturated heterocycles. The van der Waals surface area contributed by atoms with E-state index in [1.54, 1.807) is 35.7 Å². The zero-order valence-electron chi connectivity index (χ0n) is 42.7. The van der Waals surface area contributed by atoms with E-state index >= 15 is 0 Å². The zero-order chi connectivity index (χ0) is 52.1. The number of thiazole rings is 1. The van der Waals surface area contributed by atoms with Gasteiger partial charge in [0.15, 0.2) is 17.4 Å². The number of phenolic OH excluding ortho intramolecular Hbond substituents is 1. The summed E-state index contributed by atoms with van der Waals surface area (Å²) in [4.78, 5) is 62.2. The first-order valence-corrected chi connectivity index (χ1v) is 27.0. The van der Waals surface area contributed by atoms with E-state index in [4.69, 9.17) is 15.0 Å². The highest BCUT2D eigenvalue weighted by Gasteiger charge is 2.45. The van der Waals surface area contributed by atoms with Crippen molar-refractivity contribution in [2.24, 2.45) is 11.8 Å². The number of nitrogen functional groups attached to an aromatic ring is 1. The van der Waals surface area contributed by atoms with Gasteiger partial charge >= 0.3 is 0 Å². The molecule has 8 heterocycles. The first-order valence-electron chi connectivity index (χ1n) is 26.1. The number of pyridine rings is 1. The predicted octanol–water partition coefficient (Wildman–Crippen LogP) is 6.19. The second-order valence-corrected chi connectivity index (χ2v) is 22.0. The monoisotopic (exact) mass is 1040 g/mol. The number of carbonyl (C=O) groups is 3. The van der Waals surface area contributed by atoms with Crippen molar-refractivity contribution >= 4 is 52.1 Å². The molecule has 5 fully saturated rings. The average Bonchev–Trinajstić information content (AvgIpc) is 4.21. The molecule has 1 saturated carbocycles. The van der Waals surface area contributed by atoms with Gasteiger partial charge in [0, 0.05) is 99.8 Å². The number of anilines is 4. The van der Waals surface area contributed by atoms with Crippen molar-refractivity contribution in [2.75, 3.05) is 66.2 Å². The SMILES string of the molecule is Cc1ncsc1-c1ccc([C@H](C)NC(=O)[C@@H]2C[C@@H](O)CN2C(=O)[C@@H](c2cc(N3CCN(C(=O)C4CC(Oc5cc(N6C7CC[C@@H]6CN(c6cc(-c8ccccc8O)nnc6N)C7)ccn5)C4)CC3)no2)C(C)C)cc1. The summed E-state index contributed by atoms with van der Waals surface area (Å²) in [6.45, 7) is 11.5. The average molecular weight is 1040 g/mol. The molecule has 4 aliphatic heterocycles. The number of aromatic hydroxyl groups is 1. The Morgan fingerprint density at radius 1 is 0.880 bits per heavy atom. The number of fused-ring (bicyclic) bond motifs is 2. The Bertz CT molecular complexity index is 3030. The lowest BCUT2D eigenvalue weighted by atomic mass is 9.81. The van der Waals surface area contributed by atoms with Crippen molar-refractivity contribution < 1.29 is 33.9 Å². The summed E-state index contributed by atoms with van der Waals surface area (Å²) in [5.41, 5.74) is 14.2. The van der Waals surface area contributed by atoms with E-state index in [1.807, 2.05) is 92.7 Å². The quantitative estimate of drug-likeness (QED) is 0.0953. The van der Waals surface area contributed by atoms with Gasteiger partial charge in [-0.15, -0.1) is 21.5 Å². The van der Waals surface area contributed by atoms with Gasteiger partial charge in [0.2, 0.25) is 23.6 Å². The molecular weight excluding hydrogens is 973 g/mol. The van der Waals surface area contributed by atoms with Crippen molar-refractivity contribution in [2.45, 2.75) is 102 Å². The van der Waals surface area contributed by atoms with Gasteiger partial charge in [-0.3, -0.25) is 14.4 Å². The number of piperazine rings is 2. The number of aliphatic hydroxyl groups excluding tert-OH is 1. The smallest absolute Gasteiger partial charge is 0.243 e. The molecule has 1 unspecified atom stereocenters. The molecule has 4 aromatic heterocycles. The van der Waals surface area contributed by atoms with Crippen molar-refractivity contribution in [3.63, 3.8) is 0 Å². The van der Waals surface area contributed by atoms with Crippen molar-refractivity contribution in [1.29, 1.82) is 0 Å². The second kappa shape index (κ2) is 20.8. The number of para-hydroxylation sites is 1. The Labute approximate surface area is 439 Å². The van der Waals surface area contributed by atoms with E-state index in [0.29, 0.717) is 73.6 Å². The largest absolute Gasteiger partial charge is 0.507 e. The first kappa shape index (κ1) is 49.9. The number of benzene rings is 2. The van der Waals surface area contributed by atoms with Crippen LogP contribution in [0.15, 0.2) is 89.0 Å². The number of β-amino-alcohol motifs (C(OH)–C–C–N with tert-alkyl or cyclic N) is 1. The number of rotatable bonds is 14. The molecule has 6 atom stereocenters. The van der Waals surface area contributed by atoms with Gasteiger partial charge in [0.05, 0.1) is 39.6 Å². The van der Waals surface area contributed by atoms with Gasteiger partial charge in [-0.05, 0) is 80.8 Å². The van der Waals surface area contributed by atoms with E-state index in [1.165, 1.54) is 4.90 Å². The second-order valence-electron chi connectivity index (χ2n) is 21.1. The molecule has 20 heteroatoms. The maximum Gasteiger partial charge on any atom is 0.243 e. The Hall–Kier alpha value is -7.32. The van der Waals surface area contributed by atoms with E-state index < -0.39 is 18.1 Å². The van der Waals surface area contributed by atoms with Crippen LogP contribution in [0.2, 0.25) is 0 Å². The summed E-state index contributed by atoms with van der Waals surface area (Å²) in [5.74, 6) is 0.507. The van der Waals surface area contributed by atoms with Crippen LogP contribution in [-0.2, 0) is 14.4 Å². The molecule has 5 N–H and O–H groups in total. The Balaban J connectivity index is 0.653. The van der Waals surface area contributed by atoms with Gasteiger partial charge in [0.25, 0.3) is 0 Å². The van der Waals surface area contributed by atoms with Gasteiger partial charge < -0.3 is 55.0 Å². The molecule has 5 aliphatic rings. The summed E-state index contributed by atoms with van der Waals surface area (Å²) < 4.78 is 12.3. The summed E-state index contributed by atoms with van der Waals surface area (Å²) in [7, 11) is 0. The number of nitrogens with one attached hydrogen (secondary N) is 1. The highest BCUT2D eigenvalue weighted by molar-refractivity contribution is 7.13. The Morgan fingerprint density at radius 2 is 1.63 bits per heavy atom. The number of ether oxygens (including phenoxy) is 1. The molecule has 6 aromatic rings. The molecule has 75 heavy (non-hydrogen) atoms. The maximum absolute atomic E-state index is 14.4. The first-order chi connectivity index (χ1) is 36.3. The molecule has 2 aromatic carbocycles. The Kier molecular flexibility index (Phi) is 13.8. The highest BCUT2D eigenvalue weighted by Crippen LogP contribution is 2.41. The number of likely N-dealkylation sites (tertiary alicyclic amines) is 1. The molecule has 19 nitrogen and oxygen atoms in total. The summed E-state index contributed by atoms with van der Waals surface area (Å²) in [6, 6.07) is 22.2. The number of carbonyl (C=O) groups excluding carboxylic acids is 3. The fraction of sp³-hybridized carbons (Fsp3) is 0.455. The van der Waals surface area contributed by atoms with Gasteiger partial charge in [-0.25, -0.2) is 9.97 Å². The van der Waals surface area contributed by atoms with Gasteiger partial charge in [0.1, 0.15) is 23.8 Å². The predicted molar refractivity (Wildman–Crippen MR) is 284 cm³/mol. The summed E-state index contributed by atoms with van der Waals surface area (Å²) in [6.07, 6.45) is 4.29. The number of hydrogen-bond donors (Lipinski definition) is 4. The topological polar surface area (TPSA) is 233 Å². The van der Waals surface area contributed by atoms with Crippen LogP contribution in [0.3, 0.4) is 0 Å². The number of amides is 3. The number of nitrogens with zero attached hydrogens (tertiary/aromatic N) is 10. The van der Waals surface area contributed by atoms with Crippen LogP contribution in [0.4, 0.5) is 23.0 Å². The van der Waals surface area contributed by atoms with Crippen LogP contribution < -0.4 is 30.5 Å². The van der Waals surface area contributed by atoms with E-state index in [-0.39, 0.29) is 72.5 Å². The molecular formula is C55H64N12O7S. The van der Waals surface area contributed by atoms with Gasteiger partial charge in [-0.1, -0.05) is 55.4 Å². The lowest BCUT2D eigenvalue weighted by Crippen LogP contribution is -2.54. The zero-order valence-corrected chi connectivity index (χ0v) is 43.5. The minimum atomic E-state index is -0.843. The third-order valence-electron chi connectivity index (χ3n) is 15.9. The standard InChI is InChI=1S/C55H64N12O7S/c1-31(2)50(55(72)66-29-40(68)24-45(66)53(70)59-32(3)34-9-11-35(12-10-34)51-33(4)58-30-75-51)47-26-48(62-74-47)63-17-19-64(20-18-63)54(71)36-21-41(22-36)73-49-23-37(15-16-57-49)67-38-13-14-39(67)28-65(27-38)44-25-43(60-61-52(44)56)42-7-5-6-8-46(42)69/h5-12,15-16,23,25-26,30-32,36,38-41,45,50,68-69H,13-14,17-22,24,27-29H2,1-4H3,(H2,56,61)(H,59,70)/t32-,36?,38+,39?,40+,41?,45-,50+/m0/s1. The molecule has 3 amide bonds. The number of aromatic nitrogens is 5. The van der Waals surface area contributed by atoms with Crippen LogP contribution in [0.25, 0.3) is 21.7 Å². The number of phenols is 1. The number of aliphatic hydroxyl groups is 1. The molecule has 2 bridgehead atoms. The van der Waals surface area contributed by atoms with Gasteiger partial charge in [-0.2, -0.15) is 0 Å². The third-order valence-corrected chi connectivity index (χ3v) is 16.8. The van der Waals surface area contributed by atoms with Crippen LogP contribution in [0.5, 0.6) is 11.6 Å². The van der Waals surface area contributed by atoms with E-state index in [2.05, 4.69) is 45.3 Å². The minimum Gasteiger partial charge on any atom is -0.507 e. The normalized spacial score (nSPS) is 23.3. The van der Waals surface area contributed by atoms with Crippen LogP contribution >= 0.6 is 11.3 Å². The van der Waals surface area contributed by atoms with E-state index in [9.17, 15) is 24.6 Å². The molecule has 0 spiro atoms. The minimum absolute atomic E-state index is 0.0427. The maximum atomic E-state index is 14.4. The molecule has 1 aliphatic carbocycles. The Morgan fingerprint density at radius 3 is 2.33 bits per heavy atom. The lowest BCUT2D eigenvalue weighted by Gasteiger charge is -2.43. The summed E-state index contributed by atoms with van der Waals surface area (Å²) >= 11 is 1.59. The van der Waals surface area contributed by atoms with Crippen LogP contribution in [-0.4, -0.2) is 139 Å². The molecule has 0 radical (unpaired) electrons. The fourth-order valence-electron chi connectivity index (χ4n) is 11.8. The van der Waals surface area contributed by atoms with Crippen LogP contribution in [0, 0.1) is 18.8 Å². The van der Waals surface area contributed by atoms with Crippen molar-refractivity contribution in [3.8, 4) is 33.3 Å². The number of hydrogen-bond acceptors (Lipinski definition) is 17.